The molecule has 0 saturated heterocycles. The van der Waals surface area contributed by atoms with Gasteiger partial charge in [-0.15, -0.1) is 0 Å². The monoisotopic (exact) mass is 463 g/mol. The van der Waals surface area contributed by atoms with Gasteiger partial charge >= 0.3 is 6.03 Å². The van der Waals surface area contributed by atoms with Crippen LogP contribution in [0.15, 0.2) is 66.7 Å². The van der Waals surface area contributed by atoms with E-state index >= 15 is 0 Å². The number of benzene rings is 3. The van der Waals surface area contributed by atoms with Crippen LogP contribution in [-0.2, 0) is 6.42 Å². The Hall–Kier alpha value is -4.07. The molecule has 2 N–H and O–H groups in total. The molecule has 176 valence electrons. The molecule has 0 saturated carbocycles. The molecule has 0 fully saturated rings. The zero-order chi connectivity index (χ0) is 24.1. The Morgan fingerprint density at radius 2 is 1.68 bits per heavy atom. The van der Waals surface area contributed by atoms with Crippen molar-refractivity contribution in [1.82, 2.24) is 10.2 Å². The Kier molecular flexibility index (Phi) is 6.96. The number of carbonyl (C=O) groups excluding carboxylic acids is 2. The topological polar surface area (TPSA) is 79.9 Å². The summed E-state index contributed by atoms with van der Waals surface area (Å²) < 4.78 is 25.1. The maximum atomic E-state index is 14.2. The van der Waals surface area contributed by atoms with Gasteiger partial charge in [-0.25, -0.2) is 9.18 Å². The fourth-order valence-electron chi connectivity index (χ4n) is 4.12. The minimum atomic E-state index is -0.520. The Balaban J connectivity index is 1.64. The van der Waals surface area contributed by atoms with E-state index in [0.717, 1.165) is 11.1 Å². The van der Waals surface area contributed by atoms with Gasteiger partial charge in [0, 0.05) is 18.7 Å². The third-order valence-electron chi connectivity index (χ3n) is 5.87. The second-order valence-electron chi connectivity index (χ2n) is 7.85. The van der Waals surface area contributed by atoms with E-state index in [1.165, 1.54) is 12.1 Å². The summed E-state index contributed by atoms with van der Waals surface area (Å²) in [6.45, 7) is 0.551. The van der Waals surface area contributed by atoms with Gasteiger partial charge in [0.25, 0.3) is 5.91 Å². The van der Waals surface area contributed by atoms with Crippen LogP contribution in [0.3, 0.4) is 0 Å². The minimum absolute atomic E-state index is 0.0951. The molecule has 7 nitrogen and oxygen atoms in total. The van der Waals surface area contributed by atoms with Gasteiger partial charge in [0.2, 0.25) is 0 Å². The van der Waals surface area contributed by atoms with Crippen molar-refractivity contribution in [3.8, 4) is 11.5 Å². The lowest BCUT2D eigenvalue weighted by Crippen LogP contribution is -2.47. The first-order chi connectivity index (χ1) is 16.5. The molecule has 3 aromatic rings. The first-order valence-electron chi connectivity index (χ1n) is 10.9. The van der Waals surface area contributed by atoms with Crippen molar-refractivity contribution < 1.29 is 23.5 Å². The highest BCUT2D eigenvalue weighted by molar-refractivity contribution is 5.94. The molecule has 34 heavy (non-hydrogen) atoms. The molecule has 1 heterocycles. The molecule has 0 unspecified atom stereocenters. The van der Waals surface area contributed by atoms with Gasteiger partial charge in [0.1, 0.15) is 5.82 Å². The van der Waals surface area contributed by atoms with Crippen LogP contribution in [0.5, 0.6) is 11.5 Å². The zero-order valence-electron chi connectivity index (χ0n) is 19.0. The maximum absolute atomic E-state index is 14.2. The van der Waals surface area contributed by atoms with Gasteiger partial charge in [-0.2, -0.15) is 0 Å². The number of halogens is 1. The van der Waals surface area contributed by atoms with E-state index in [2.05, 4.69) is 10.6 Å². The molecule has 0 spiro atoms. The summed E-state index contributed by atoms with van der Waals surface area (Å²) in [4.78, 5) is 27.5. The smallest absolute Gasteiger partial charge is 0.322 e. The summed E-state index contributed by atoms with van der Waals surface area (Å²) >= 11 is 0. The molecule has 3 amide bonds. The van der Waals surface area contributed by atoms with Crippen molar-refractivity contribution in [1.29, 1.82) is 0 Å². The van der Waals surface area contributed by atoms with Gasteiger partial charge < -0.3 is 25.0 Å². The highest BCUT2D eigenvalue weighted by Gasteiger charge is 2.33. The van der Waals surface area contributed by atoms with E-state index < -0.39 is 17.9 Å². The van der Waals surface area contributed by atoms with Crippen LogP contribution in [-0.4, -0.2) is 44.1 Å². The van der Waals surface area contributed by atoms with Gasteiger partial charge in [-0.3, -0.25) is 4.79 Å². The summed E-state index contributed by atoms with van der Waals surface area (Å²) in [5.74, 6) is 0.353. The Morgan fingerprint density at radius 1 is 1.00 bits per heavy atom. The molecule has 1 aliphatic rings. The van der Waals surface area contributed by atoms with Gasteiger partial charge in [0.15, 0.2) is 11.5 Å². The average Bonchev–Trinajstić information content (AvgIpc) is 2.87. The Morgan fingerprint density at radius 3 is 2.38 bits per heavy atom. The van der Waals surface area contributed by atoms with Crippen LogP contribution in [0.4, 0.5) is 14.9 Å². The number of anilines is 1. The molecule has 0 aromatic heterocycles. The fourth-order valence-corrected chi connectivity index (χ4v) is 4.12. The second kappa shape index (κ2) is 10.2. The Bertz CT molecular complexity index is 1190. The van der Waals surface area contributed by atoms with Crippen LogP contribution in [0, 0.1) is 5.82 Å². The van der Waals surface area contributed by atoms with E-state index in [4.69, 9.17) is 9.47 Å². The number of nitrogens with zero attached hydrogens (tertiary/aromatic N) is 1. The molecule has 8 heteroatoms. The number of rotatable bonds is 6. The summed E-state index contributed by atoms with van der Waals surface area (Å²) in [6, 6.07) is 17.6. The number of para-hydroxylation sites is 1. The van der Waals surface area contributed by atoms with Gasteiger partial charge in [0.05, 0.1) is 25.9 Å². The highest BCUT2D eigenvalue weighted by atomic mass is 19.1. The molecule has 4 rings (SSSR count). The van der Waals surface area contributed by atoms with Crippen LogP contribution in [0.1, 0.15) is 27.5 Å². The molecule has 0 radical (unpaired) electrons. The van der Waals surface area contributed by atoms with Crippen LogP contribution < -0.4 is 20.1 Å². The Labute approximate surface area is 197 Å². The molecule has 0 aliphatic carbocycles. The first kappa shape index (κ1) is 23.1. The van der Waals surface area contributed by atoms with E-state index in [1.54, 1.807) is 55.5 Å². The van der Waals surface area contributed by atoms with Crippen molar-refractivity contribution in [3.63, 3.8) is 0 Å². The van der Waals surface area contributed by atoms with E-state index in [1.807, 2.05) is 18.2 Å². The van der Waals surface area contributed by atoms with Gasteiger partial charge in [-0.05, 0) is 53.9 Å². The minimum Gasteiger partial charge on any atom is -0.493 e. The van der Waals surface area contributed by atoms with E-state index in [0.29, 0.717) is 30.0 Å². The summed E-state index contributed by atoms with van der Waals surface area (Å²) in [5.41, 5.74) is 2.44. The number of hydrogen-bond acceptors (Lipinski definition) is 4. The lowest BCUT2D eigenvalue weighted by atomic mass is 9.91. The number of methoxy groups -OCH3 is 2. The van der Waals surface area contributed by atoms with Crippen LogP contribution >= 0.6 is 0 Å². The molecule has 3 aromatic carbocycles. The van der Waals surface area contributed by atoms with Crippen molar-refractivity contribution in [3.05, 3.63) is 89.2 Å². The summed E-state index contributed by atoms with van der Waals surface area (Å²) in [5, 5.41) is 5.58. The second-order valence-corrected chi connectivity index (χ2v) is 7.85. The van der Waals surface area contributed by atoms with Crippen molar-refractivity contribution in [2.24, 2.45) is 0 Å². The number of carbonyl (C=O) groups is 2. The fraction of sp³-hybridized carbons (Fsp3) is 0.231. The predicted molar refractivity (Wildman–Crippen MR) is 127 cm³/mol. The first-order valence-corrected chi connectivity index (χ1v) is 10.9. The number of fused-ring (bicyclic) bond motifs is 1. The molecule has 1 aliphatic heterocycles. The van der Waals surface area contributed by atoms with Gasteiger partial charge in [-0.1, -0.05) is 30.3 Å². The number of amides is 3. The molecular formula is C26H26FN3O4. The molecule has 0 bridgehead atoms. The number of urea groups is 1. The summed E-state index contributed by atoms with van der Waals surface area (Å²) in [7, 11) is 3.11. The van der Waals surface area contributed by atoms with E-state index in [9.17, 15) is 14.0 Å². The lowest BCUT2D eigenvalue weighted by molar-refractivity contribution is 0.0936. The highest BCUT2D eigenvalue weighted by Crippen LogP contribution is 2.38. The largest absolute Gasteiger partial charge is 0.493 e. The lowest BCUT2D eigenvalue weighted by Gasteiger charge is -2.38. The van der Waals surface area contributed by atoms with Crippen molar-refractivity contribution in [2.45, 2.75) is 12.5 Å². The predicted octanol–water partition coefficient (Wildman–Crippen LogP) is 4.40. The SMILES string of the molecule is COc1cc2c(cc1OC)[C@H](CNC(=O)c1ccccc1)N(C(=O)Nc1ccccc1F)CC2. The average molecular weight is 464 g/mol. The molecule has 1 atom stereocenters. The zero-order valence-corrected chi connectivity index (χ0v) is 19.0. The number of hydrogen-bond donors (Lipinski definition) is 2. The van der Waals surface area contributed by atoms with Crippen molar-refractivity contribution in [2.75, 3.05) is 32.6 Å². The van der Waals surface area contributed by atoms with E-state index in [-0.39, 0.29) is 18.1 Å². The van der Waals surface area contributed by atoms with Crippen molar-refractivity contribution >= 4 is 17.6 Å². The van der Waals surface area contributed by atoms with Crippen LogP contribution in [0.25, 0.3) is 0 Å². The number of nitrogens with one attached hydrogen (secondary N) is 2. The molecular weight excluding hydrogens is 437 g/mol. The quantitative estimate of drug-likeness (QED) is 0.568. The third-order valence-corrected chi connectivity index (χ3v) is 5.87. The third kappa shape index (κ3) is 4.80. The summed E-state index contributed by atoms with van der Waals surface area (Å²) in [6.07, 6.45) is 0.573. The number of ether oxygens (including phenoxy) is 2. The standard InChI is InChI=1S/C26H26FN3O4/c1-33-23-14-18-12-13-30(26(32)29-21-11-7-6-10-20(21)27)22(19(18)15-24(23)34-2)16-28-25(31)17-8-4-3-5-9-17/h3-11,14-15,22H,12-13,16H2,1-2H3,(H,28,31)(H,29,32)/t22-/m0/s1. The normalized spacial score (nSPS) is 14.7. The maximum Gasteiger partial charge on any atom is 0.322 e. The van der Waals surface area contributed by atoms with Crippen LogP contribution in [0.2, 0.25) is 0 Å².